The first-order chi connectivity index (χ1) is 14.9. The zero-order valence-electron chi connectivity index (χ0n) is 18.0. The minimum Gasteiger partial charge on any atom is -0.508 e. The highest BCUT2D eigenvalue weighted by Gasteiger charge is 2.25. The lowest BCUT2D eigenvalue weighted by Crippen LogP contribution is -2.50. The minimum atomic E-state index is 0.0143. The van der Waals surface area contributed by atoms with Crippen molar-refractivity contribution in [2.75, 3.05) is 26.2 Å². The molecule has 160 valence electrons. The molecule has 5 heteroatoms. The van der Waals surface area contributed by atoms with E-state index in [1.807, 2.05) is 66.1 Å². The van der Waals surface area contributed by atoms with E-state index in [2.05, 4.69) is 6.07 Å². The highest BCUT2D eigenvalue weighted by atomic mass is 16.3. The molecule has 1 saturated heterocycles. The molecule has 3 aromatic carbocycles. The van der Waals surface area contributed by atoms with Gasteiger partial charge in [0, 0.05) is 38.2 Å². The number of phenols is 1. The Kier molecular flexibility index (Phi) is 5.94. The van der Waals surface area contributed by atoms with Crippen LogP contribution >= 0.6 is 0 Å². The van der Waals surface area contributed by atoms with Gasteiger partial charge in [0.05, 0.1) is 0 Å². The van der Waals surface area contributed by atoms with Gasteiger partial charge in [0.1, 0.15) is 5.75 Å². The van der Waals surface area contributed by atoms with Gasteiger partial charge in [0.15, 0.2) is 0 Å². The number of hydrogen-bond donors (Lipinski definition) is 1. The van der Waals surface area contributed by atoms with Gasteiger partial charge in [-0.05, 0) is 58.1 Å². The van der Waals surface area contributed by atoms with Crippen LogP contribution in [0.4, 0.5) is 0 Å². The van der Waals surface area contributed by atoms with Crippen molar-refractivity contribution < 1.29 is 14.7 Å². The van der Waals surface area contributed by atoms with Crippen LogP contribution in [0, 0.1) is 5.92 Å². The van der Waals surface area contributed by atoms with Crippen molar-refractivity contribution >= 4 is 22.6 Å². The summed E-state index contributed by atoms with van der Waals surface area (Å²) in [6.45, 7) is 6.43. The van der Waals surface area contributed by atoms with Crippen molar-refractivity contribution in [2.45, 2.75) is 20.3 Å². The average Bonchev–Trinajstić information content (AvgIpc) is 2.78. The molecule has 31 heavy (non-hydrogen) atoms. The van der Waals surface area contributed by atoms with Gasteiger partial charge in [-0.3, -0.25) is 9.59 Å². The number of piperazine rings is 1. The van der Waals surface area contributed by atoms with Crippen molar-refractivity contribution in [3.63, 3.8) is 0 Å². The van der Waals surface area contributed by atoms with Crippen LogP contribution in [0.1, 0.15) is 30.6 Å². The molecule has 3 aromatic rings. The molecule has 1 aliphatic rings. The smallest absolute Gasteiger partial charge is 0.253 e. The van der Waals surface area contributed by atoms with E-state index in [4.69, 9.17) is 0 Å². The van der Waals surface area contributed by atoms with Gasteiger partial charge in [-0.25, -0.2) is 0 Å². The molecule has 4 rings (SSSR count). The second-order valence-corrected chi connectivity index (χ2v) is 8.59. The van der Waals surface area contributed by atoms with Crippen LogP contribution in [0.3, 0.4) is 0 Å². The number of carbonyl (C=O) groups is 2. The molecule has 0 radical (unpaired) electrons. The summed E-state index contributed by atoms with van der Waals surface area (Å²) in [5.74, 6) is 0.787. The van der Waals surface area contributed by atoms with Crippen LogP contribution in [0.15, 0.2) is 60.7 Å². The van der Waals surface area contributed by atoms with Gasteiger partial charge >= 0.3 is 0 Å². The first-order valence-corrected chi connectivity index (χ1v) is 10.8. The number of aromatic hydroxyl groups is 1. The molecule has 1 fully saturated rings. The molecule has 2 amide bonds. The lowest BCUT2D eigenvalue weighted by atomic mass is 9.99. The Labute approximate surface area is 182 Å². The molecular weight excluding hydrogens is 388 g/mol. The number of benzene rings is 3. The third-order valence-corrected chi connectivity index (χ3v) is 5.79. The largest absolute Gasteiger partial charge is 0.508 e. The molecule has 0 spiro atoms. The maximum Gasteiger partial charge on any atom is 0.253 e. The number of hydrogen-bond acceptors (Lipinski definition) is 3. The lowest BCUT2D eigenvalue weighted by molar-refractivity contribution is -0.133. The van der Waals surface area contributed by atoms with E-state index >= 15 is 0 Å². The predicted octanol–water partition coefficient (Wildman–Crippen LogP) is 4.54. The molecule has 0 aliphatic carbocycles. The van der Waals surface area contributed by atoms with Crippen molar-refractivity contribution in [3.8, 4) is 16.9 Å². The van der Waals surface area contributed by atoms with E-state index in [-0.39, 0.29) is 17.6 Å². The van der Waals surface area contributed by atoms with Crippen LogP contribution in [0.5, 0.6) is 5.75 Å². The maximum absolute atomic E-state index is 13.0. The molecule has 5 nitrogen and oxygen atoms in total. The zero-order valence-corrected chi connectivity index (χ0v) is 18.0. The van der Waals surface area contributed by atoms with E-state index in [0.717, 1.165) is 21.9 Å². The number of rotatable bonds is 4. The maximum atomic E-state index is 13.0. The van der Waals surface area contributed by atoms with Gasteiger partial charge in [0.2, 0.25) is 5.91 Å². The van der Waals surface area contributed by atoms with Gasteiger partial charge in [-0.2, -0.15) is 0 Å². The predicted molar refractivity (Wildman–Crippen MR) is 123 cm³/mol. The van der Waals surface area contributed by atoms with Crippen LogP contribution < -0.4 is 0 Å². The third kappa shape index (κ3) is 4.71. The molecule has 0 saturated carbocycles. The summed E-state index contributed by atoms with van der Waals surface area (Å²) in [6, 6.07) is 19.1. The molecule has 0 unspecified atom stereocenters. The SMILES string of the molecule is CC(C)CC(=O)N1CCN(C(=O)c2ccc3cc(-c4ccc(O)cc4)ccc3c2)CC1. The molecule has 0 atom stereocenters. The lowest BCUT2D eigenvalue weighted by Gasteiger charge is -2.35. The van der Waals surface area contributed by atoms with Gasteiger partial charge in [0.25, 0.3) is 5.91 Å². The normalized spacial score (nSPS) is 14.3. The molecular formula is C26H28N2O3. The molecule has 1 aliphatic heterocycles. The average molecular weight is 417 g/mol. The van der Waals surface area contributed by atoms with E-state index in [9.17, 15) is 14.7 Å². The van der Waals surface area contributed by atoms with Crippen LogP contribution in [-0.4, -0.2) is 52.9 Å². The number of nitrogens with zero attached hydrogens (tertiary/aromatic N) is 2. The highest BCUT2D eigenvalue weighted by Crippen LogP contribution is 2.27. The fraction of sp³-hybridized carbons (Fsp3) is 0.308. The summed E-state index contributed by atoms with van der Waals surface area (Å²) in [4.78, 5) is 29.0. The van der Waals surface area contributed by atoms with E-state index < -0.39 is 0 Å². The molecule has 0 bridgehead atoms. The summed E-state index contributed by atoms with van der Waals surface area (Å²) >= 11 is 0. The highest BCUT2D eigenvalue weighted by molar-refractivity contribution is 5.99. The summed E-state index contributed by atoms with van der Waals surface area (Å²) < 4.78 is 0. The zero-order chi connectivity index (χ0) is 22.0. The van der Waals surface area contributed by atoms with Gasteiger partial charge in [-0.1, -0.05) is 44.2 Å². The van der Waals surface area contributed by atoms with Crippen LogP contribution in [-0.2, 0) is 4.79 Å². The Morgan fingerprint density at radius 1 is 0.806 bits per heavy atom. The Morgan fingerprint density at radius 2 is 1.39 bits per heavy atom. The monoisotopic (exact) mass is 416 g/mol. The van der Waals surface area contributed by atoms with Crippen molar-refractivity contribution in [1.29, 1.82) is 0 Å². The summed E-state index contributed by atoms with van der Waals surface area (Å²) in [5.41, 5.74) is 2.77. The second kappa shape index (κ2) is 8.80. The Hall–Kier alpha value is -3.34. The Balaban J connectivity index is 1.46. The first-order valence-electron chi connectivity index (χ1n) is 10.8. The van der Waals surface area contributed by atoms with E-state index in [1.165, 1.54) is 0 Å². The van der Waals surface area contributed by atoms with Crippen LogP contribution in [0.2, 0.25) is 0 Å². The first kappa shape index (κ1) is 20.9. The number of amides is 2. The van der Waals surface area contributed by atoms with Crippen molar-refractivity contribution in [1.82, 2.24) is 9.80 Å². The third-order valence-electron chi connectivity index (χ3n) is 5.79. The molecule has 0 aromatic heterocycles. The van der Waals surface area contributed by atoms with Crippen LogP contribution in [0.25, 0.3) is 21.9 Å². The number of phenolic OH excluding ortho intramolecular Hbond substituents is 1. The van der Waals surface area contributed by atoms with Crippen molar-refractivity contribution in [3.05, 3.63) is 66.2 Å². The number of fused-ring (bicyclic) bond motifs is 1. The van der Waals surface area contributed by atoms with Gasteiger partial charge < -0.3 is 14.9 Å². The Morgan fingerprint density at radius 3 is 2.06 bits per heavy atom. The summed E-state index contributed by atoms with van der Waals surface area (Å²) in [6.07, 6.45) is 0.560. The van der Waals surface area contributed by atoms with E-state index in [1.54, 1.807) is 12.1 Å². The number of carbonyl (C=O) groups excluding carboxylic acids is 2. The fourth-order valence-corrected chi connectivity index (χ4v) is 4.03. The summed E-state index contributed by atoms with van der Waals surface area (Å²) in [5, 5.41) is 11.6. The standard InChI is InChI=1S/C26H28N2O3/c1-18(2)15-25(30)27-11-13-28(14-12-27)26(31)23-6-5-21-16-20(3-4-22(21)17-23)19-7-9-24(29)10-8-19/h3-10,16-18,29H,11-15H2,1-2H3. The quantitative estimate of drug-likeness (QED) is 0.679. The van der Waals surface area contributed by atoms with Crippen molar-refractivity contribution in [2.24, 2.45) is 5.92 Å². The topological polar surface area (TPSA) is 60.9 Å². The molecule has 1 heterocycles. The van der Waals surface area contributed by atoms with Gasteiger partial charge in [-0.15, -0.1) is 0 Å². The molecule has 1 N–H and O–H groups in total. The minimum absolute atomic E-state index is 0.0143. The fourth-order valence-electron chi connectivity index (χ4n) is 4.03. The second-order valence-electron chi connectivity index (χ2n) is 8.59. The van der Waals surface area contributed by atoms with E-state index in [0.29, 0.717) is 44.1 Å². The Bertz CT molecular complexity index is 1100. The summed E-state index contributed by atoms with van der Waals surface area (Å²) in [7, 11) is 0.